The van der Waals surface area contributed by atoms with Crippen LogP contribution in [0.5, 0.6) is 0 Å². The highest BCUT2D eigenvalue weighted by Crippen LogP contribution is 2.20. The molecule has 0 aliphatic heterocycles. The Morgan fingerprint density at radius 2 is 2.00 bits per heavy atom. The molecule has 23 heavy (non-hydrogen) atoms. The van der Waals surface area contributed by atoms with E-state index in [1.165, 1.54) is 18.2 Å². The van der Waals surface area contributed by atoms with Crippen molar-refractivity contribution in [3.8, 4) is 6.07 Å². The first kappa shape index (κ1) is 17.1. The number of carbonyl (C=O) groups is 1. The third-order valence-electron chi connectivity index (χ3n) is 2.97. The van der Waals surface area contributed by atoms with Crippen LogP contribution in [0.25, 0.3) is 6.08 Å². The maximum Gasteiger partial charge on any atom is 0.266 e. The van der Waals surface area contributed by atoms with E-state index in [4.69, 9.17) is 16.9 Å². The van der Waals surface area contributed by atoms with Crippen molar-refractivity contribution in [1.29, 1.82) is 5.26 Å². The lowest BCUT2D eigenvalue weighted by Gasteiger charge is -2.05. The van der Waals surface area contributed by atoms with Crippen molar-refractivity contribution < 1.29 is 9.18 Å². The summed E-state index contributed by atoms with van der Waals surface area (Å²) in [6, 6.07) is 13.1. The predicted molar refractivity (Wildman–Crippen MR) is 91.9 cm³/mol. The van der Waals surface area contributed by atoms with Gasteiger partial charge in [-0.3, -0.25) is 4.79 Å². The second-order valence-electron chi connectivity index (χ2n) is 4.53. The molecule has 2 rings (SSSR count). The lowest BCUT2D eigenvalue weighted by atomic mass is 10.1. The molecule has 0 unspecified atom stereocenters. The predicted octanol–water partition coefficient (Wildman–Crippen LogP) is 4.75. The van der Waals surface area contributed by atoms with Crippen LogP contribution in [0, 0.1) is 17.1 Å². The minimum Gasteiger partial charge on any atom is -0.321 e. The van der Waals surface area contributed by atoms with Crippen molar-refractivity contribution in [3.63, 3.8) is 0 Å². The van der Waals surface area contributed by atoms with Gasteiger partial charge in [-0.05, 0) is 48.2 Å². The van der Waals surface area contributed by atoms with Gasteiger partial charge >= 0.3 is 0 Å². The molecule has 0 aliphatic carbocycles. The third kappa shape index (κ3) is 4.59. The number of carbonyl (C=O) groups excluding carboxylic acids is 1. The van der Waals surface area contributed by atoms with E-state index in [1.54, 1.807) is 11.8 Å². The number of nitrogens with one attached hydrogen (secondary N) is 1. The Bertz CT molecular complexity index is 797. The zero-order chi connectivity index (χ0) is 16.8. The summed E-state index contributed by atoms with van der Waals surface area (Å²) < 4.78 is 13.1. The molecule has 3 nitrogen and oxygen atoms in total. The highest BCUT2D eigenvalue weighted by Gasteiger charge is 2.10. The molecule has 0 fully saturated rings. The fourth-order valence-electron chi connectivity index (χ4n) is 1.79. The number of anilines is 1. The summed E-state index contributed by atoms with van der Waals surface area (Å²) in [5.41, 5.74) is 1.01. The first-order valence-corrected chi connectivity index (χ1v) is 8.16. The van der Waals surface area contributed by atoms with Crippen molar-refractivity contribution in [2.45, 2.75) is 4.90 Å². The number of hydrogen-bond acceptors (Lipinski definition) is 3. The van der Waals surface area contributed by atoms with E-state index in [0.29, 0.717) is 5.69 Å². The van der Waals surface area contributed by atoms with Crippen molar-refractivity contribution in [1.82, 2.24) is 0 Å². The number of amides is 1. The second kappa shape index (κ2) is 7.82. The van der Waals surface area contributed by atoms with Gasteiger partial charge in [-0.2, -0.15) is 5.26 Å². The largest absolute Gasteiger partial charge is 0.321 e. The van der Waals surface area contributed by atoms with Crippen molar-refractivity contribution >= 4 is 41.0 Å². The molecule has 0 saturated carbocycles. The maximum atomic E-state index is 13.1. The molecular weight excluding hydrogens is 335 g/mol. The summed E-state index contributed by atoms with van der Waals surface area (Å²) in [7, 11) is 0. The topological polar surface area (TPSA) is 52.9 Å². The van der Waals surface area contributed by atoms with Crippen molar-refractivity contribution in [2.24, 2.45) is 0 Å². The standard InChI is InChI=1S/C17H12ClFN2OS/c1-23-14-5-2-11(3-6-14)8-12(10-20)17(22)21-13-4-7-16(19)15(18)9-13/h2-9H,1H3,(H,21,22)/b12-8+. The number of halogens is 2. The fourth-order valence-corrected chi connectivity index (χ4v) is 2.38. The van der Waals surface area contributed by atoms with Crippen LogP contribution in [0.3, 0.4) is 0 Å². The van der Waals surface area contributed by atoms with Crippen LogP contribution in [-0.2, 0) is 4.79 Å². The van der Waals surface area contributed by atoms with Crippen LogP contribution in [0.1, 0.15) is 5.56 Å². The third-order valence-corrected chi connectivity index (χ3v) is 4.00. The number of rotatable bonds is 4. The average Bonchev–Trinajstić information content (AvgIpc) is 2.56. The van der Waals surface area contributed by atoms with Crippen molar-refractivity contribution in [2.75, 3.05) is 11.6 Å². The molecule has 0 spiro atoms. The monoisotopic (exact) mass is 346 g/mol. The normalized spacial score (nSPS) is 11.0. The van der Waals surface area contributed by atoms with Gasteiger partial charge in [-0.25, -0.2) is 4.39 Å². The second-order valence-corrected chi connectivity index (χ2v) is 5.81. The molecular formula is C17H12ClFN2OS. The minimum absolute atomic E-state index is 0.0534. The minimum atomic E-state index is -0.580. The zero-order valence-corrected chi connectivity index (χ0v) is 13.7. The highest BCUT2D eigenvalue weighted by molar-refractivity contribution is 7.98. The Kier molecular flexibility index (Phi) is 5.80. The number of nitriles is 1. The van der Waals surface area contributed by atoms with Crippen LogP contribution in [0.2, 0.25) is 5.02 Å². The lowest BCUT2D eigenvalue weighted by Crippen LogP contribution is -2.13. The number of nitrogens with zero attached hydrogens (tertiary/aromatic N) is 1. The van der Waals surface area contributed by atoms with E-state index < -0.39 is 11.7 Å². The molecule has 2 aromatic carbocycles. The van der Waals surface area contributed by atoms with E-state index in [2.05, 4.69) is 5.32 Å². The van der Waals surface area contributed by atoms with E-state index in [-0.39, 0.29) is 10.6 Å². The molecule has 1 amide bonds. The Balaban J connectivity index is 2.18. The number of thioether (sulfide) groups is 1. The van der Waals surface area contributed by atoms with Gasteiger partial charge in [0.15, 0.2) is 0 Å². The summed E-state index contributed by atoms with van der Waals surface area (Å²) in [5, 5.41) is 11.6. The summed E-state index contributed by atoms with van der Waals surface area (Å²) in [6.07, 6.45) is 3.46. The molecule has 0 aliphatic rings. The van der Waals surface area contributed by atoms with Gasteiger partial charge in [0, 0.05) is 10.6 Å². The Morgan fingerprint density at radius 3 is 2.57 bits per heavy atom. The molecule has 0 radical (unpaired) electrons. The summed E-state index contributed by atoms with van der Waals surface area (Å²) >= 11 is 7.27. The summed E-state index contributed by atoms with van der Waals surface area (Å²) in [5.74, 6) is -1.15. The maximum absolute atomic E-state index is 13.1. The first-order valence-electron chi connectivity index (χ1n) is 6.55. The van der Waals surface area contributed by atoms with Gasteiger partial charge in [0.1, 0.15) is 17.5 Å². The summed E-state index contributed by atoms with van der Waals surface area (Å²) in [4.78, 5) is 13.2. The van der Waals surface area contributed by atoms with Crippen LogP contribution in [0.15, 0.2) is 52.9 Å². The Labute approximate surface area is 142 Å². The molecule has 0 atom stereocenters. The van der Waals surface area contributed by atoms with E-state index in [9.17, 15) is 9.18 Å². The summed E-state index contributed by atoms with van der Waals surface area (Å²) in [6.45, 7) is 0. The van der Waals surface area contributed by atoms with Gasteiger partial charge in [-0.15, -0.1) is 11.8 Å². The quantitative estimate of drug-likeness (QED) is 0.494. The molecule has 116 valence electrons. The molecule has 1 N–H and O–H groups in total. The highest BCUT2D eigenvalue weighted by atomic mass is 35.5. The van der Waals surface area contributed by atoms with Gasteiger partial charge in [-0.1, -0.05) is 23.7 Å². The van der Waals surface area contributed by atoms with Gasteiger partial charge in [0.25, 0.3) is 5.91 Å². The number of hydrogen-bond donors (Lipinski definition) is 1. The van der Waals surface area contributed by atoms with Crippen molar-refractivity contribution in [3.05, 3.63) is 64.4 Å². The van der Waals surface area contributed by atoms with Crippen LogP contribution >= 0.6 is 23.4 Å². The smallest absolute Gasteiger partial charge is 0.266 e. The van der Waals surface area contributed by atoms with Gasteiger partial charge in [0.05, 0.1) is 5.02 Å². The van der Waals surface area contributed by atoms with E-state index >= 15 is 0 Å². The lowest BCUT2D eigenvalue weighted by molar-refractivity contribution is -0.112. The average molecular weight is 347 g/mol. The Hall–Kier alpha value is -2.29. The molecule has 2 aromatic rings. The molecule has 6 heteroatoms. The number of benzene rings is 2. The van der Waals surface area contributed by atoms with Gasteiger partial charge < -0.3 is 5.32 Å². The van der Waals surface area contributed by atoms with E-state index in [1.807, 2.05) is 36.6 Å². The SMILES string of the molecule is CSc1ccc(/C=C(\C#N)C(=O)Nc2ccc(F)c(Cl)c2)cc1. The Morgan fingerprint density at radius 1 is 1.30 bits per heavy atom. The van der Waals surface area contributed by atoms with Gasteiger partial charge in [0.2, 0.25) is 0 Å². The fraction of sp³-hybridized carbons (Fsp3) is 0.0588. The molecule has 0 heterocycles. The van der Waals surface area contributed by atoms with E-state index in [0.717, 1.165) is 16.5 Å². The molecule has 0 saturated heterocycles. The zero-order valence-electron chi connectivity index (χ0n) is 12.1. The van der Waals surface area contributed by atoms with Crippen LogP contribution in [-0.4, -0.2) is 12.2 Å². The molecule has 0 bridgehead atoms. The van der Waals surface area contributed by atoms with Crippen LogP contribution in [0.4, 0.5) is 10.1 Å². The van der Waals surface area contributed by atoms with Crippen LogP contribution < -0.4 is 5.32 Å². The first-order chi connectivity index (χ1) is 11.0. The molecule has 0 aromatic heterocycles.